The molecule has 4 rings (SSSR count). The predicted octanol–water partition coefficient (Wildman–Crippen LogP) is 4.19. The molecular formula is C27H31BrFN5O2. The van der Waals surface area contributed by atoms with Crippen LogP contribution < -0.4 is 0 Å². The van der Waals surface area contributed by atoms with E-state index in [2.05, 4.69) is 44.6 Å². The summed E-state index contributed by atoms with van der Waals surface area (Å²) in [4.78, 5) is 40.0. The number of aromatic nitrogens is 1. The highest BCUT2D eigenvalue weighted by Gasteiger charge is 2.30. The van der Waals surface area contributed by atoms with E-state index in [1.165, 1.54) is 12.3 Å². The molecule has 3 aromatic rings. The number of rotatable bonds is 8. The minimum absolute atomic E-state index is 0.0548. The highest BCUT2D eigenvalue weighted by Crippen LogP contribution is 2.29. The number of likely N-dealkylation sites (N-methyl/N-ethyl adjacent to an activating group) is 1. The molecule has 2 heterocycles. The van der Waals surface area contributed by atoms with Crippen LogP contribution in [0.1, 0.15) is 29.8 Å². The SMILES string of the molecule is CCN(CC)CC/N=C(\c1ccccc1)N1CCN(C(=O)C(=O)c2c[nH]c3c(Br)ccc(F)c23)CC1. The third kappa shape index (κ3) is 5.52. The van der Waals surface area contributed by atoms with Crippen LogP contribution in [0.2, 0.25) is 0 Å². The lowest BCUT2D eigenvalue weighted by Gasteiger charge is -2.36. The zero-order chi connectivity index (χ0) is 25.7. The molecule has 0 spiro atoms. The van der Waals surface area contributed by atoms with Gasteiger partial charge in [-0.25, -0.2) is 4.39 Å². The van der Waals surface area contributed by atoms with E-state index in [0.717, 1.165) is 31.0 Å². The normalized spacial score (nSPS) is 14.6. The van der Waals surface area contributed by atoms with Crippen LogP contribution in [-0.2, 0) is 4.79 Å². The fraction of sp³-hybridized carbons (Fsp3) is 0.370. The molecule has 1 amide bonds. The molecule has 1 aromatic heterocycles. The zero-order valence-electron chi connectivity index (χ0n) is 20.6. The number of ketones is 1. The number of halogens is 2. The van der Waals surface area contributed by atoms with Crippen molar-refractivity contribution in [2.75, 3.05) is 52.4 Å². The van der Waals surface area contributed by atoms with E-state index >= 15 is 0 Å². The molecule has 1 fully saturated rings. The third-order valence-corrected chi connectivity index (χ3v) is 7.30. The summed E-state index contributed by atoms with van der Waals surface area (Å²) >= 11 is 3.36. The first kappa shape index (κ1) is 26.0. The molecule has 0 radical (unpaired) electrons. The Bertz CT molecular complexity index is 1250. The number of nitrogens with zero attached hydrogens (tertiary/aromatic N) is 4. The fourth-order valence-corrected chi connectivity index (χ4v) is 4.98. The molecule has 1 aliphatic heterocycles. The first-order valence-electron chi connectivity index (χ1n) is 12.3. The number of carbonyl (C=O) groups excluding carboxylic acids is 2. The number of fused-ring (bicyclic) bond motifs is 1. The van der Waals surface area contributed by atoms with Gasteiger partial charge in [-0.05, 0) is 41.2 Å². The monoisotopic (exact) mass is 555 g/mol. The third-order valence-electron chi connectivity index (χ3n) is 6.64. The van der Waals surface area contributed by atoms with Gasteiger partial charge in [0.15, 0.2) is 0 Å². The Morgan fingerprint density at radius 1 is 1.03 bits per heavy atom. The lowest BCUT2D eigenvalue weighted by atomic mass is 10.1. The largest absolute Gasteiger partial charge is 0.359 e. The standard InChI is InChI=1S/C27H31BrFN5O2/c1-3-32(4-2)13-12-30-26(19-8-6-5-7-9-19)33-14-16-34(17-15-33)27(36)25(35)20-18-31-24-21(28)10-11-22(29)23(20)24/h5-11,18,31H,3-4,12-17H2,1-2H3/b30-26+. The Balaban J connectivity index is 1.46. The minimum Gasteiger partial charge on any atom is -0.359 e. The Labute approximate surface area is 219 Å². The number of piperazine rings is 1. The number of Topliss-reactive ketones (excluding diaryl/α,β-unsaturated/α-hetero) is 1. The first-order valence-corrected chi connectivity index (χ1v) is 13.1. The molecule has 36 heavy (non-hydrogen) atoms. The van der Waals surface area contributed by atoms with Crippen LogP contribution in [-0.4, -0.2) is 89.6 Å². The van der Waals surface area contributed by atoms with Gasteiger partial charge in [-0.2, -0.15) is 0 Å². The van der Waals surface area contributed by atoms with Crippen molar-refractivity contribution in [3.8, 4) is 0 Å². The van der Waals surface area contributed by atoms with Gasteiger partial charge in [0.2, 0.25) is 0 Å². The van der Waals surface area contributed by atoms with Gasteiger partial charge in [0, 0.05) is 54.3 Å². The molecule has 9 heteroatoms. The Kier molecular flexibility index (Phi) is 8.53. The van der Waals surface area contributed by atoms with E-state index in [-0.39, 0.29) is 10.9 Å². The maximum Gasteiger partial charge on any atom is 0.295 e. The van der Waals surface area contributed by atoms with E-state index in [1.54, 1.807) is 11.0 Å². The van der Waals surface area contributed by atoms with Crippen molar-refractivity contribution in [1.29, 1.82) is 0 Å². The van der Waals surface area contributed by atoms with Crippen LogP contribution in [0.3, 0.4) is 0 Å². The molecule has 0 atom stereocenters. The average Bonchev–Trinajstić information content (AvgIpc) is 3.37. The number of H-pyrrole nitrogens is 1. The van der Waals surface area contributed by atoms with Gasteiger partial charge < -0.3 is 19.7 Å². The summed E-state index contributed by atoms with van der Waals surface area (Å²) in [6.07, 6.45) is 1.41. The highest BCUT2D eigenvalue weighted by molar-refractivity contribution is 9.10. The van der Waals surface area contributed by atoms with Gasteiger partial charge in [-0.15, -0.1) is 0 Å². The van der Waals surface area contributed by atoms with Crippen LogP contribution in [0.4, 0.5) is 4.39 Å². The van der Waals surface area contributed by atoms with Gasteiger partial charge in [0.25, 0.3) is 11.7 Å². The highest BCUT2D eigenvalue weighted by atomic mass is 79.9. The second-order valence-corrected chi connectivity index (χ2v) is 9.54. The zero-order valence-corrected chi connectivity index (χ0v) is 22.2. The number of amides is 1. The summed E-state index contributed by atoms with van der Waals surface area (Å²) in [6, 6.07) is 12.9. The quantitative estimate of drug-likeness (QED) is 0.196. The van der Waals surface area contributed by atoms with Crippen molar-refractivity contribution in [2.24, 2.45) is 4.99 Å². The molecule has 0 bridgehead atoms. The lowest BCUT2D eigenvalue weighted by Crippen LogP contribution is -2.52. The van der Waals surface area contributed by atoms with Crippen molar-refractivity contribution in [2.45, 2.75) is 13.8 Å². The van der Waals surface area contributed by atoms with E-state index in [0.29, 0.717) is 42.7 Å². The van der Waals surface area contributed by atoms with E-state index in [9.17, 15) is 14.0 Å². The first-order chi connectivity index (χ1) is 17.4. The van der Waals surface area contributed by atoms with Crippen molar-refractivity contribution >= 4 is 44.4 Å². The maximum absolute atomic E-state index is 14.5. The van der Waals surface area contributed by atoms with Crippen LogP contribution in [0.25, 0.3) is 10.9 Å². The number of benzene rings is 2. The number of hydrogen-bond donors (Lipinski definition) is 1. The van der Waals surface area contributed by atoms with E-state index < -0.39 is 17.5 Å². The summed E-state index contributed by atoms with van der Waals surface area (Å²) in [5, 5.41) is 0.132. The molecule has 1 saturated heterocycles. The molecule has 0 saturated carbocycles. The Hall–Kier alpha value is -3.04. The van der Waals surface area contributed by atoms with Crippen LogP contribution in [0.5, 0.6) is 0 Å². The number of amidine groups is 1. The molecule has 7 nitrogen and oxygen atoms in total. The fourth-order valence-electron chi connectivity index (χ4n) is 4.53. The van der Waals surface area contributed by atoms with Gasteiger partial charge >= 0.3 is 0 Å². The molecule has 0 aliphatic carbocycles. The van der Waals surface area contributed by atoms with Crippen molar-refractivity contribution in [3.63, 3.8) is 0 Å². The van der Waals surface area contributed by atoms with Crippen LogP contribution >= 0.6 is 15.9 Å². The van der Waals surface area contributed by atoms with Crippen LogP contribution in [0, 0.1) is 5.82 Å². The second-order valence-electron chi connectivity index (χ2n) is 8.69. The molecule has 190 valence electrons. The van der Waals surface area contributed by atoms with Crippen molar-refractivity contribution < 1.29 is 14.0 Å². The Morgan fingerprint density at radius 2 is 1.69 bits per heavy atom. The average molecular weight is 556 g/mol. The second kappa shape index (κ2) is 11.8. The Morgan fingerprint density at radius 3 is 2.36 bits per heavy atom. The number of aromatic amines is 1. The number of hydrogen-bond acceptors (Lipinski definition) is 4. The topological polar surface area (TPSA) is 72.0 Å². The van der Waals surface area contributed by atoms with Crippen LogP contribution in [0.15, 0.2) is 58.1 Å². The predicted molar refractivity (Wildman–Crippen MR) is 144 cm³/mol. The molecule has 1 aliphatic rings. The van der Waals surface area contributed by atoms with Crippen molar-refractivity contribution in [1.82, 2.24) is 19.7 Å². The number of nitrogens with one attached hydrogen (secondary N) is 1. The van der Waals surface area contributed by atoms with E-state index in [4.69, 9.17) is 4.99 Å². The van der Waals surface area contributed by atoms with Gasteiger partial charge in [0.1, 0.15) is 11.7 Å². The summed E-state index contributed by atoms with van der Waals surface area (Å²) in [6.45, 7) is 9.73. The maximum atomic E-state index is 14.5. The smallest absolute Gasteiger partial charge is 0.295 e. The summed E-state index contributed by atoms with van der Waals surface area (Å²) in [5.41, 5.74) is 1.55. The molecular weight excluding hydrogens is 525 g/mol. The lowest BCUT2D eigenvalue weighted by molar-refractivity contribution is -0.127. The van der Waals surface area contributed by atoms with E-state index in [1.807, 2.05) is 30.3 Å². The summed E-state index contributed by atoms with van der Waals surface area (Å²) in [5.74, 6) is -0.953. The van der Waals surface area contributed by atoms with Crippen molar-refractivity contribution in [3.05, 3.63) is 70.1 Å². The summed E-state index contributed by atoms with van der Waals surface area (Å²) < 4.78 is 15.1. The number of carbonyl (C=O) groups is 2. The molecule has 2 aromatic carbocycles. The van der Waals surface area contributed by atoms with Gasteiger partial charge in [-0.3, -0.25) is 14.6 Å². The summed E-state index contributed by atoms with van der Waals surface area (Å²) in [7, 11) is 0. The molecule has 0 unspecified atom stereocenters. The minimum atomic E-state index is -0.706. The number of aliphatic imine (C=N–C) groups is 1. The van der Waals surface area contributed by atoms with Gasteiger partial charge in [-0.1, -0.05) is 44.2 Å². The molecule has 1 N–H and O–H groups in total. The van der Waals surface area contributed by atoms with Gasteiger partial charge in [0.05, 0.1) is 17.6 Å².